The number of ether oxygens (including phenoxy) is 1. The van der Waals surface area contributed by atoms with Crippen LogP contribution < -0.4 is 9.64 Å². The molecular formula is C22H28ClFN4O3S. The molecule has 174 valence electrons. The molecule has 0 atom stereocenters. The van der Waals surface area contributed by atoms with Crippen LogP contribution in [0.2, 0.25) is 5.02 Å². The van der Waals surface area contributed by atoms with Gasteiger partial charge < -0.3 is 9.64 Å². The highest BCUT2D eigenvalue weighted by Gasteiger charge is 2.29. The highest BCUT2D eigenvalue weighted by Crippen LogP contribution is 2.30. The summed E-state index contributed by atoms with van der Waals surface area (Å²) >= 11 is 5.87. The number of halogens is 2. The summed E-state index contributed by atoms with van der Waals surface area (Å²) < 4.78 is 43.0. The van der Waals surface area contributed by atoms with Crippen LogP contribution in [-0.2, 0) is 9.84 Å². The van der Waals surface area contributed by atoms with Crippen LogP contribution in [0.4, 0.5) is 10.3 Å². The van der Waals surface area contributed by atoms with Gasteiger partial charge in [0.05, 0.1) is 28.9 Å². The Kier molecular flexibility index (Phi) is 7.17. The highest BCUT2D eigenvalue weighted by molar-refractivity contribution is 7.90. The van der Waals surface area contributed by atoms with E-state index in [1.807, 2.05) is 0 Å². The van der Waals surface area contributed by atoms with E-state index in [1.165, 1.54) is 12.1 Å². The zero-order valence-electron chi connectivity index (χ0n) is 18.1. The first kappa shape index (κ1) is 23.2. The van der Waals surface area contributed by atoms with E-state index in [1.54, 1.807) is 12.4 Å². The number of nitrogens with zero attached hydrogens (tertiary/aromatic N) is 4. The standard InChI is InChI=1S/C22H28ClFN4O3S/c1-32(29,30)19-6-7-21(20(24)12-19)31-15-16-2-4-18(5-3-16)27-8-10-28(11-9-27)22-25-13-17(23)14-26-22/h6-7,12-14,16,18H,2-5,8-11,15H2,1H3/t16-,18-. The molecule has 1 aromatic heterocycles. The van der Waals surface area contributed by atoms with Crippen molar-refractivity contribution in [3.05, 3.63) is 41.4 Å². The van der Waals surface area contributed by atoms with Gasteiger partial charge in [0, 0.05) is 38.5 Å². The molecule has 2 aromatic rings. The number of hydrogen-bond donors (Lipinski definition) is 0. The maximum Gasteiger partial charge on any atom is 0.225 e. The summed E-state index contributed by atoms with van der Waals surface area (Å²) in [5.41, 5.74) is 0. The SMILES string of the molecule is CS(=O)(=O)c1ccc(OC[C@H]2CC[C@H](N3CCN(c4ncc(Cl)cn4)CC3)CC2)c(F)c1. The third kappa shape index (κ3) is 5.68. The number of piperazine rings is 1. The van der Waals surface area contributed by atoms with E-state index in [-0.39, 0.29) is 10.6 Å². The van der Waals surface area contributed by atoms with E-state index in [0.717, 1.165) is 70.1 Å². The van der Waals surface area contributed by atoms with E-state index in [2.05, 4.69) is 19.8 Å². The smallest absolute Gasteiger partial charge is 0.225 e. The van der Waals surface area contributed by atoms with E-state index < -0.39 is 15.7 Å². The van der Waals surface area contributed by atoms with Crippen LogP contribution in [0.25, 0.3) is 0 Å². The fourth-order valence-corrected chi connectivity index (χ4v) is 5.20. The lowest BCUT2D eigenvalue weighted by Crippen LogP contribution is -2.51. The Morgan fingerprint density at radius 3 is 2.34 bits per heavy atom. The summed E-state index contributed by atoms with van der Waals surface area (Å²) in [5.74, 6) is 0.583. The summed E-state index contributed by atoms with van der Waals surface area (Å²) in [7, 11) is -3.43. The van der Waals surface area contributed by atoms with Crippen molar-refractivity contribution in [2.24, 2.45) is 5.92 Å². The molecule has 2 aliphatic rings. The fraction of sp³-hybridized carbons (Fsp3) is 0.545. The molecule has 1 aliphatic carbocycles. The molecule has 0 unspecified atom stereocenters. The van der Waals surface area contributed by atoms with Gasteiger partial charge in [-0.15, -0.1) is 0 Å². The lowest BCUT2D eigenvalue weighted by Gasteiger charge is -2.41. The summed E-state index contributed by atoms with van der Waals surface area (Å²) in [6.45, 7) is 4.20. The van der Waals surface area contributed by atoms with Gasteiger partial charge in [0.1, 0.15) is 0 Å². The van der Waals surface area contributed by atoms with E-state index in [0.29, 0.717) is 23.6 Å². The van der Waals surface area contributed by atoms with Crippen molar-refractivity contribution < 1.29 is 17.5 Å². The summed E-state index contributed by atoms with van der Waals surface area (Å²) in [6.07, 6.45) is 8.59. The first-order chi connectivity index (χ1) is 15.3. The molecule has 4 rings (SSSR count). The first-order valence-electron chi connectivity index (χ1n) is 10.9. The molecule has 1 aliphatic heterocycles. The summed E-state index contributed by atoms with van der Waals surface area (Å²) in [6, 6.07) is 4.38. The average molecular weight is 483 g/mol. The quantitative estimate of drug-likeness (QED) is 0.624. The zero-order valence-corrected chi connectivity index (χ0v) is 19.7. The van der Waals surface area contributed by atoms with Crippen LogP contribution in [-0.4, -0.2) is 68.4 Å². The van der Waals surface area contributed by atoms with Gasteiger partial charge in [0.15, 0.2) is 21.4 Å². The number of sulfone groups is 1. The van der Waals surface area contributed by atoms with Crippen LogP contribution in [0, 0.1) is 11.7 Å². The Labute approximate surface area is 193 Å². The molecule has 1 saturated carbocycles. The van der Waals surface area contributed by atoms with Crippen molar-refractivity contribution in [2.45, 2.75) is 36.6 Å². The molecule has 10 heteroatoms. The number of benzene rings is 1. The number of aromatic nitrogens is 2. The monoisotopic (exact) mass is 482 g/mol. The van der Waals surface area contributed by atoms with Crippen LogP contribution in [0.15, 0.2) is 35.5 Å². The molecule has 0 radical (unpaired) electrons. The maximum atomic E-state index is 14.2. The molecule has 2 heterocycles. The Balaban J connectivity index is 1.22. The normalized spacial score (nSPS) is 22.7. The molecule has 0 bridgehead atoms. The minimum Gasteiger partial charge on any atom is -0.490 e. The lowest BCUT2D eigenvalue weighted by molar-refractivity contribution is 0.110. The van der Waals surface area contributed by atoms with Gasteiger partial charge in [0.25, 0.3) is 0 Å². The van der Waals surface area contributed by atoms with Crippen LogP contribution in [0.1, 0.15) is 25.7 Å². The van der Waals surface area contributed by atoms with Gasteiger partial charge in [-0.3, -0.25) is 4.90 Å². The summed E-state index contributed by atoms with van der Waals surface area (Å²) in [5, 5.41) is 0.543. The van der Waals surface area contributed by atoms with Crippen LogP contribution >= 0.6 is 11.6 Å². The van der Waals surface area contributed by atoms with Crippen molar-refractivity contribution in [3.63, 3.8) is 0 Å². The Morgan fingerprint density at radius 2 is 1.75 bits per heavy atom. The van der Waals surface area contributed by atoms with Crippen molar-refractivity contribution in [2.75, 3.05) is 43.9 Å². The number of hydrogen-bond acceptors (Lipinski definition) is 7. The third-order valence-corrected chi connectivity index (χ3v) is 7.65. The molecule has 7 nitrogen and oxygen atoms in total. The second-order valence-electron chi connectivity index (χ2n) is 8.57. The van der Waals surface area contributed by atoms with Gasteiger partial charge in [-0.05, 0) is 49.8 Å². The Hall–Kier alpha value is -1.97. The fourth-order valence-electron chi connectivity index (χ4n) is 4.47. The van der Waals surface area contributed by atoms with Crippen molar-refractivity contribution in [1.82, 2.24) is 14.9 Å². The summed E-state index contributed by atoms with van der Waals surface area (Å²) in [4.78, 5) is 13.3. The minimum absolute atomic E-state index is 0.0365. The van der Waals surface area contributed by atoms with E-state index >= 15 is 0 Å². The lowest BCUT2D eigenvalue weighted by atomic mass is 9.85. The molecule has 32 heavy (non-hydrogen) atoms. The molecule has 2 fully saturated rings. The van der Waals surface area contributed by atoms with Crippen molar-refractivity contribution in [1.29, 1.82) is 0 Å². The third-order valence-electron chi connectivity index (χ3n) is 6.34. The molecule has 0 N–H and O–H groups in total. The van der Waals surface area contributed by atoms with Gasteiger partial charge in [-0.2, -0.15) is 0 Å². The zero-order chi connectivity index (χ0) is 22.7. The number of rotatable bonds is 6. The van der Waals surface area contributed by atoms with Gasteiger partial charge in [-0.1, -0.05) is 11.6 Å². The predicted octanol–water partition coefficient (Wildman–Crippen LogP) is 3.43. The molecule has 0 amide bonds. The molecule has 1 saturated heterocycles. The largest absolute Gasteiger partial charge is 0.490 e. The first-order valence-corrected chi connectivity index (χ1v) is 13.2. The Morgan fingerprint density at radius 1 is 1.09 bits per heavy atom. The second-order valence-corrected chi connectivity index (χ2v) is 11.0. The van der Waals surface area contributed by atoms with E-state index in [9.17, 15) is 12.8 Å². The van der Waals surface area contributed by atoms with E-state index in [4.69, 9.17) is 16.3 Å². The maximum absolute atomic E-state index is 14.2. The van der Waals surface area contributed by atoms with Gasteiger partial charge in [-0.25, -0.2) is 22.8 Å². The minimum atomic E-state index is -3.43. The average Bonchev–Trinajstić information content (AvgIpc) is 2.79. The second kappa shape index (κ2) is 9.89. The molecule has 1 aromatic carbocycles. The Bertz CT molecular complexity index is 1020. The van der Waals surface area contributed by atoms with Gasteiger partial charge in [0.2, 0.25) is 5.95 Å². The van der Waals surface area contributed by atoms with Crippen molar-refractivity contribution >= 4 is 27.4 Å². The predicted molar refractivity (Wildman–Crippen MR) is 122 cm³/mol. The molecular weight excluding hydrogens is 455 g/mol. The van der Waals surface area contributed by atoms with Gasteiger partial charge >= 0.3 is 0 Å². The van der Waals surface area contributed by atoms with Crippen LogP contribution in [0.3, 0.4) is 0 Å². The van der Waals surface area contributed by atoms with Crippen molar-refractivity contribution in [3.8, 4) is 5.75 Å². The number of anilines is 1. The van der Waals surface area contributed by atoms with Crippen LogP contribution in [0.5, 0.6) is 5.75 Å². The molecule has 0 spiro atoms. The highest BCUT2D eigenvalue weighted by atomic mass is 35.5. The topological polar surface area (TPSA) is 75.6 Å².